The number of aldehydes is 1. The molecule has 168 valence electrons. The monoisotopic (exact) mass is 434 g/mol. The van der Waals surface area contributed by atoms with Gasteiger partial charge in [0.15, 0.2) is 6.29 Å². The van der Waals surface area contributed by atoms with E-state index in [9.17, 15) is 24.6 Å². The van der Waals surface area contributed by atoms with E-state index in [4.69, 9.17) is 18.6 Å². The van der Waals surface area contributed by atoms with E-state index in [2.05, 4.69) is 6.58 Å². The molecule has 0 saturated carbocycles. The molecule has 0 spiro atoms. The molecule has 4 heterocycles. The van der Waals surface area contributed by atoms with Crippen molar-refractivity contribution in [1.82, 2.24) is 0 Å². The number of esters is 2. The van der Waals surface area contributed by atoms with Gasteiger partial charge >= 0.3 is 11.9 Å². The molecule has 9 nitrogen and oxygen atoms in total. The molecule has 1 aromatic heterocycles. The third kappa shape index (κ3) is 3.50. The molecular formula is C22H26O9. The van der Waals surface area contributed by atoms with Gasteiger partial charge in [0.2, 0.25) is 5.60 Å². The van der Waals surface area contributed by atoms with Gasteiger partial charge in [-0.1, -0.05) is 12.2 Å². The lowest BCUT2D eigenvalue weighted by Crippen LogP contribution is -2.42. The van der Waals surface area contributed by atoms with E-state index in [1.54, 1.807) is 6.92 Å². The summed E-state index contributed by atoms with van der Waals surface area (Å²) in [5, 5.41) is 21.7. The maximum atomic E-state index is 12.8. The fraction of sp³-hybridized carbons (Fsp3) is 0.591. The number of epoxide rings is 1. The van der Waals surface area contributed by atoms with Crippen molar-refractivity contribution < 1.29 is 43.2 Å². The van der Waals surface area contributed by atoms with Gasteiger partial charge in [-0.05, 0) is 32.3 Å². The van der Waals surface area contributed by atoms with Crippen LogP contribution in [0.25, 0.3) is 0 Å². The first-order valence-electron chi connectivity index (χ1n) is 10.2. The van der Waals surface area contributed by atoms with Gasteiger partial charge in [0.25, 0.3) is 0 Å². The summed E-state index contributed by atoms with van der Waals surface area (Å²) in [7, 11) is 0. The van der Waals surface area contributed by atoms with Gasteiger partial charge in [0.1, 0.15) is 35.9 Å². The number of ether oxygens (including phenoxy) is 3. The third-order valence-corrected chi connectivity index (χ3v) is 6.48. The molecule has 1 unspecified atom stereocenters. The summed E-state index contributed by atoms with van der Waals surface area (Å²) in [4.78, 5) is 36.2. The number of hydrogen-bond acceptors (Lipinski definition) is 9. The van der Waals surface area contributed by atoms with Crippen molar-refractivity contribution in [1.29, 1.82) is 0 Å². The molecule has 0 aromatic carbocycles. The molecular weight excluding hydrogens is 408 g/mol. The van der Waals surface area contributed by atoms with Gasteiger partial charge < -0.3 is 28.8 Å². The fourth-order valence-electron chi connectivity index (χ4n) is 4.66. The summed E-state index contributed by atoms with van der Waals surface area (Å²) in [6, 6.07) is 1.39. The number of carbonyl (C=O) groups is 3. The standard InChI is InChI=1S/C22H26O9/c1-10(2)12-5-14-13(9-23)6-15(29-14)18(25)21(4,27)8-16-19-22(31-19,20(26)30-16)17(7-12)28-11(3)24/h6,9,12,16-19,25,27H,1,5,7-8H2,2-4H3/t12?,16-,17+,18+,19-,21-,22+/m0/s1. The Morgan fingerprint density at radius 1 is 1.39 bits per heavy atom. The Bertz CT molecular complexity index is 945. The number of aliphatic hydroxyl groups excluding tert-OH is 1. The van der Waals surface area contributed by atoms with Gasteiger partial charge in [0, 0.05) is 19.8 Å². The zero-order chi connectivity index (χ0) is 22.7. The highest BCUT2D eigenvalue weighted by Crippen LogP contribution is 2.54. The number of fused-ring (bicyclic) bond motifs is 2. The zero-order valence-corrected chi connectivity index (χ0v) is 17.6. The first kappa shape index (κ1) is 21.7. The topological polar surface area (TPSA) is 136 Å². The van der Waals surface area contributed by atoms with Gasteiger partial charge in [0.05, 0.1) is 11.2 Å². The predicted octanol–water partition coefficient (Wildman–Crippen LogP) is 1.40. The zero-order valence-electron chi connectivity index (χ0n) is 17.6. The molecule has 3 aliphatic heterocycles. The molecule has 0 amide bonds. The first-order valence-corrected chi connectivity index (χ1v) is 10.2. The fourth-order valence-corrected chi connectivity index (χ4v) is 4.66. The van der Waals surface area contributed by atoms with Crippen molar-refractivity contribution in [2.24, 2.45) is 5.92 Å². The van der Waals surface area contributed by atoms with Crippen LogP contribution in [0.3, 0.4) is 0 Å². The van der Waals surface area contributed by atoms with Crippen LogP contribution in [0, 0.1) is 5.92 Å². The van der Waals surface area contributed by atoms with Crippen LogP contribution in [0.1, 0.15) is 61.6 Å². The van der Waals surface area contributed by atoms with Crippen molar-refractivity contribution >= 4 is 18.2 Å². The van der Waals surface area contributed by atoms with Gasteiger partial charge in [-0.25, -0.2) is 4.79 Å². The average molecular weight is 434 g/mol. The van der Waals surface area contributed by atoms with Crippen LogP contribution in [0.5, 0.6) is 0 Å². The molecule has 2 saturated heterocycles. The van der Waals surface area contributed by atoms with E-state index in [-0.39, 0.29) is 36.5 Å². The lowest BCUT2D eigenvalue weighted by atomic mass is 9.83. The molecule has 2 fully saturated rings. The summed E-state index contributed by atoms with van der Waals surface area (Å²) < 4.78 is 22.5. The number of allylic oxidation sites excluding steroid dienone is 1. The average Bonchev–Trinajstić information content (AvgIpc) is 3.22. The molecule has 7 atom stereocenters. The van der Waals surface area contributed by atoms with E-state index >= 15 is 0 Å². The van der Waals surface area contributed by atoms with E-state index in [1.807, 2.05) is 0 Å². The van der Waals surface area contributed by atoms with Crippen LogP contribution < -0.4 is 0 Å². The summed E-state index contributed by atoms with van der Waals surface area (Å²) in [5.41, 5.74) is -2.24. The molecule has 4 rings (SSSR count). The molecule has 9 heteroatoms. The van der Waals surface area contributed by atoms with E-state index in [0.29, 0.717) is 12.0 Å². The summed E-state index contributed by atoms with van der Waals surface area (Å²) in [6.45, 7) is 8.41. The quantitative estimate of drug-likeness (QED) is 0.313. The largest absolute Gasteiger partial charge is 0.462 e. The molecule has 4 bridgehead atoms. The van der Waals surface area contributed by atoms with Crippen LogP contribution in [-0.2, 0) is 30.2 Å². The van der Waals surface area contributed by atoms with Crippen molar-refractivity contribution in [2.45, 2.75) is 75.7 Å². The number of carbonyl (C=O) groups excluding carboxylic acids is 3. The van der Waals surface area contributed by atoms with E-state index in [1.165, 1.54) is 19.9 Å². The van der Waals surface area contributed by atoms with Crippen LogP contribution in [-0.4, -0.2) is 58.0 Å². The Balaban J connectivity index is 1.80. The molecule has 31 heavy (non-hydrogen) atoms. The summed E-state index contributed by atoms with van der Waals surface area (Å²) in [6.07, 6.45) is -3.10. The second-order valence-corrected chi connectivity index (χ2v) is 8.97. The van der Waals surface area contributed by atoms with Crippen molar-refractivity contribution in [3.05, 3.63) is 35.3 Å². The summed E-state index contributed by atoms with van der Waals surface area (Å²) >= 11 is 0. The Kier molecular flexibility index (Phi) is 5.11. The van der Waals surface area contributed by atoms with Crippen LogP contribution in [0.4, 0.5) is 0 Å². The minimum atomic E-state index is -1.75. The van der Waals surface area contributed by atoms with Gasteiger partial charge in [-0.2, -0.15) is 0 Å². The Morgan fingerprint density at radius 3 is 2.68 bits per heavy atom. The highest BCUT2D eigenvalue weighted by atomic mass is 16.7. The molecule has 2 N–H and O–H groups in total. The maximum Gasteiger partial charge on any atom is 0.345 e. The second kappa shape index (κ2) is 7.29. The van der Waals surface area contributed by atoms with Crippen molar-refractivity contribution in [3.63, 3.8) is 0 Å². The van der Waals surface area contributed by atoms with Gasteiger partial charge in [-0.15, -0.1) is 0 Å². The van der Waals surface area contributed by atoms with E-state index < -0.39 is 47.6 Å². The number of furan rings is 1. The molecule has 0 radical (unpaired) electrons. The lowest BCUT2D eigenvalue weighted by molar-refractivity contribution is -0.169. The predicted molar refractivity (Wildman–Crippen MR) is 104 cm³/mol. The minimum absolute atomic E-state index is 0.0330. The SMILES string of the molecule is C=C(C)C1Cc2oc(cc2C=O)[C@@H](O)[C@@](C)(O)C[C@@H]2OC(=O)[C@@]3(O[C@@H]23)[C@H](OC(C)=O)C1. The lowest BCUT2D eigenvalue weighted by Gasteiger charge is -2.30. The molecule has 0 aliphatic carbocycles. The number of rotatable bonds is 3. The smallest absolute Gasteiger partial charge is 0.345 e. The number of hydrogen-bond donors (Lipinski definition) is 2. The Hall–Kier alpha value is -2.49. The molecule has 3 aliphatic rings. The Morgan fingerprint density at radius 2 is 2.10 bits per heavy atom. The summed E-state index contributed by atoms with van der Waals surface area (Å²) in [5.74, 6) is -1.22. The highest BCUT2D eigenvalue weighted by Gasteiger charge is 2.78. The Labute approximate surface area is 179 Å². The number of aliphatic hydroxyl groups is 2. The normalized spacial score (nSPS) is 39.3. The van der Waals surface area contributed by atoms with Crippen LogP contribution in [0.2, 0.25) is 0 Å². The van der Waals surface area contributed by atoms with Gasteiger partial charge in [-0.3, -0.25) is 9.59 Å². The maximum absolute atomic E-state index is 12.8. The van der Waals surface area contributed by atoms with Crippen LogP contribution in [0.15, 0.2) is 22.6 Å². The van der Waals surface area contributed by atoms with Crippen molar-refractivity contribution in [2.75, 3.05) is 0 Å². The van der Waals surface area contributed by atoms with Crippen molar-refractivity contribution in [3.8, 4) is 0 Å². The minimum Gasteiger partial charge on any atom is -0.462 e. The van der Waals surface area contributed by atoms with E-state index in [0.717, 1.165) is 5.57 Å². The first-order chi connectivity index (χ1) is 14.5. The second-order valence-electron chi connectivity index (χ2n) is 8.97. The third-order valence-electron chi connectivity index (χ3n) is 6.48. The van der Waals surface area contributed by atoms with Crippen LogP contribution >= 0.6 is 0 Å². The highest BCUT2D eigenvalue weighted by molar-refractivity contribution is 5.88. The molecule has 1 aromatic rings.